The van der Waals surface area contributed by atoms with Gasteiger partial charge in [-0.25, -0.2) is 0 Å². The molecular formula is C17H18N2OS. The number of carbonyl (C=O) groups is 1. The lowest BCUT2D eigenvalue weighted by Crippen LogP contribution is -2.33. The molecule has 4 heteroatoms. The zero-order valence-corrected chi connectivity index (χ0v) is 12.6. The Morgan fingerprint density at radius 3 is 2.52 bits per heavy atom. The lowest BCUT2D eigenvalue weighted by molar-refractivity contribution is -0.129. The van der Waals surface area contributed by atoms with Gasteiger partial charge in [-0.2, -0.15) is 0 Å². The summed E-state index contributed by atoms with van der Waals surface area (Å²) in [6.07, 6.45) is 5.83. The number of rotatable bonds is 6. The van der Waals surface area contributed by atoms with Crippen molar-refractivity contribution in [2.24, 2.45) is 0 Å². The Kier molecular flexibility index (Phi) is 4.55. The first-order valence-electron chi connectivity index (χ1n) is 7.19. The van der Waals surface area contributed by atoms with E-state index in [1.807, 2.05) is 47.4 Å². The fraction of sp³-hybridized carbons (Fsp3) is 0.294. The van der Waals surface area contributed by atoms with Gasteiger partial charge in [0.15, 0.2) is 0 Å². The molecule has 1 aromatic heterocycles. The molecule has 1 heterocycles. The van der Waals surface area contributed by atoms with Crippen LogP contribution in [0.15, 0.2) is 59.8 Å². The van der Waals surface area contributed by atoms with Crippen LogP contribution in [0.3, 0.4) is 0 Å². The van der Waals surface area contributed by atoms with E-state index in [9.17, 15) is 4.79 Å². The minimum absolute atomic E-state index is 0.225. The highest BCUT2D eigenvalue weighted by Crippen LogP contribution is 2.29. The molecule has 0 spiro atoms. The van der Waals surface area contributed by atoms with Gasteiger partial charge in [-0.3, -0.25) is 9.78 Å². The first-order valence-corrected chi connectivity index (χ1v) is 8.18. The van der Waals surface area contributed by atoms with E-state index < -0.39 is 0 Å². The van der Waals surface area contributed by atoms with Gasteiger partial charge in [0, 0.05) is 29.9 Å². The predicted octanol–water partition coefficient (Wildman–Crippen LogP) is 3.36. The van der Waals surface area contributed by atoms with Crippen molar-refractivity contribution < 1.29 is 4.79 Å². The molecule has 0 N–H and O–H groups in total. The van der Waals surface area contributed by atoms with Crippen LogP contribution in [0.25, 0.3) is 0 Å². The number of hydrogen-bond donors (Lipinski definition) is 0. The third-order valence-corrected chi connectivity index (χ3v) is 4.51. The lowest BCUT2D eigenvalue weighted by Gasteiger charge is -2.22. The zero-order valence-electron chi connectivity index (χ0n) is 11.8. The summed E-state index contributed by atoms with van der Waals surface area (Å²) in [6.45, 7) is 0.696. The molecule has 3 nitrogen and oxygen atoms in total. The highest BCUT2D eigenvalue weighted by Gasteiger charge is 2.32. The molecule has 1 fully saturated rings. The number of carbonyl (C=O) groups excluding carboxylic acids is 1. The lowest BCUT2D eigenvalue weighted by atomic mass is 10.2. The third-order valence-electron chi connectivity index (χ3n) is 3.52. The zero-order chi connectivity index (χ0) is 14.5. The van der Waals surface area contributed by atoms with Crippen molar-refractivity contribution in [1.82, 2.24) is 9.88 Å². The molecule has 0 unspecified atom stereocenters. The quantitative estimate of drug-likeness (QED) is 0.767. The second-order valence-corrected chi connectivity index (χ2v) is 6.26. The van der Waals surface area contributed by atoms with Crippen LogP contribution in [-0.2, 0) is 11.3 Å². The Hall–Kier alpha value is -1.81. The van der Waals surface area contributed by atoms with Crippen molar-refractivity contribution in [1.29, 1.82) is 0 Å². The van der Waals surface area contributed by atoms with Gasteiger partial charge in [-0.1, -0.05) is 18.2 Å². The molecule has 0 radical (unpaired) electrons. The molecule has 0 saturated heterocycles. The minimum Gasteiger partial charge on any atom is -0.335 e. The molecule has 3 rings (SSSR count). The van der Waals surface area contributed by atoms with Crippen molar-refractivity contribution in [3.63, 3.8) is 0 Å². The summed E-state index contributed by atoms with van der Waals surface area (Å²) in [5, 5.41) is 0. The molecule has 2 aromatic rings. The minimum atomic E-state index is 0.225. The van der Waals surface area contributed by atoms with E-state index in [0.717, 1.165) is 23.3 Å². The number of amides is 1. The van der Waals surface area contributed by atoms with Crippen LogP contribution in [0.5, 0.6) is 0 Å². The smallest absolute Gasteiger partial charge is 0.233 e. The van der Waals surface area contributed by atoms with Crippen molar-refractivity contribution in [2.45, 2.75) is 30.3 Å². The molecular weight excluding hydrogens is 280 g/mol. The molecule has 1 aromatic carbocycles. The van der Waals surface area contributed by atoms with Crippen LogP contribution < -0.4 is 0 Å². The fourth-order valence-electron chi connectivity index (χ4n) is 2.24. The van der Waals surface area contributed by atoms with E-state index in [4.69, 9.17) is 0 Å². The first-order chi connectivity index (χ1) is 10.3. The third kappa shape index (κ3) is 4.08. The van der Waals surface area contributed by atoms with Gasteiger partial charge in [-0.05, 0) is 42.7 Å². The van der Waals surface area contributed by atoms with Crippen LogP contribution in [-0.4, -0.2) is 27.6 Å². The number of thioether (sulfide) groups is 1. The highest BCUT2D eigenvalue weighted by molar-refractivity contribution is 8.00. The summed E-state index contributed by atoms with van der Waals surface area (Å²) in [7, 11) is 0. The van der Waals surface area contributed by atoms with E-state index in [1.165, 1.54) is 0 Å². The van der Waals surface area contributed by atoms with Gasteiger partial charge in [0.2, 0.25) is 5.91 Å². The topological polar surface area (TPSA) is 33.2 Å². The van der Waals surface area contributed by atoms with Crippen LogP contribution in [0, 0.1) is 0 Å². The Balaban J connectivity index is 1.60. The van der Waals surface area contributed by atoms with Gasteiger partial charge in [0.1, 0.15) is 0 Å². The second-order valence-electron chi connectivity index (χ2n) is 5.21. The summed E-state index contributed by atoms with van der Waals surface area (Å²) in [5.41, 5.74) is 1.15. The summed E-state index contributed by atoms with van der Waals surface area (Å²) < 4.78 is 0. The van der Waals surface area contributed by atoms with Crippen molar-refractivity contribution >= 4 is 17.7 Å². The van der Waals surface area contributed by atoms with Crippen molar-refractivity contribution in [2.75, 3.05) is 5.75 Å². The standard InChI is InChI=1S/C17H18N2OS/c20-17(13-21-16-4-2-1-3-5-16)19(15-6-7-15)12-14-8-10-18-11-9-14/h1-5,8-11,15H,6-7,12-13H2. The largest absolute Gasteiger partial charge is 0.335 e. The molecule has 21 heavy (non-hydrogen) atoms. The Morgan fingerprint density at radius 2 is 1.86 bits per heavy atom. The Labute approximate surface area is 129 Å². The number of benzene rings is 1. The van der Waals surface area contributed by atoms with Gasteiger partial charge in [0.05, 0.1) is 5.75 Å². The molecule has 1 aliphatic carbocycles. The van der Waals surface area contributed by atoms with Gasteiger partial charge >= 0.3 is 0 Å². The number of aromatic nitrogens is 1. The van der Waals surface area contributed by atoms with Crippen LogP contribution in [0.1, 0.15) is 18.4 Å². The van der Waals surface area contributed by atoms with Crippen LogP contribution in [0.2, 0.25) is 0 Å². The van der Waals surface area contributed by atoms with Crippen LogP contribution >= 0.6 is 11.8 Å². The summed E-state index contributed by atoms with van der Waals surface area (Å²) >= 11 is 1.61. The van der Waals surface area contributed by atoms with Gasteiger partial charge in [-0.15, -0.1) is 11.8 Å². The van der Waals surface area contributed by atoms with E-state index in [-0.39, 0.29) is 5.91 Å². The monoisotopic (exact) mass is 298 g/mol. The van der Waals surface area contributed by atoms with E-state index in [1.54, 1.807) is 24.2 Å². The van der Waals surface area contributed by atoms with Gasteiger partial charge in [0.25, 0.3) is 0 Å². The Bertz CT molecular complexity index is 584. The summed E-state index contributed by atoms with van der Waals surface area (Å²) in [6, 6.07) is 14.5. The summed E-state index contributed by atoms with van der Waals surface area (Å²) in [4.78, 5) is 19.7. The number of nitrogens with zero attached hydrogens (tertiary/aromatic N) is 2. The SMILES string of the molecule is O=C(CSc1ccccc1)N(Cc1ccncc1)C1CC1. The molecule has 0 aliphatic heterocycles. The van der Waals surface area contributed by atoms with Crippen molar-refractivity contribution in [3.05, 3.63) is 60.4 Å². The Morgan fingerprint density at radius 1 is 1.14 bits per heavy atom. The average Bonchev–Trinajstić information content (AvgIpc) is 3.37. The molecule has 1 aliphatic rings. The maximum atomic E-state index is 12.5. The first kappa shape index (κ1) is 14.1. The van der Waals surface area contributed by atoms with E-state index in [2.05, 4.69) is 4.98 Å². The molecule has 1 saturated carbocycles. The van der Waals surface area contributed by atoms with E-state index in [0.29, 0.717) is 18.3 Å². The maximum absolute atomic E-state index is 12.5. The molecule has 1 amide bonds. The normalized spacial score (nSPS) is 13.9. The highest BCUT2D eigenvalue weighted by atomic mass is 32.2. The number of pyridine rings is 1. The molecule has 108 valence electrons. The van der Waals surface area contributed by atoms with Crippen LogP contribution in [0.4, 0.5) is 0 Å². The van der Waals surface area contributed by atoms with Gasteiger partial charge < -0.3 is 4.90 Å². The maximum Gasteiger partial charge on any atom is 0.233 e. The number of hydrogen-bond acceptors (Lipinski definition) is 3. The summed E-state index contributed by atoms with van der Waals surface area (Å²) in [5.74, 6) is 0.731. The fourth-order valence-corrected chi connectivity index (χ4v) is 3.04. The average molecular weight is 298 g/mol. The molecule has 0 bridgehead atoms. The predicted molar refractivity (Wildman–Crippen MR) is 85.0 cm³/mol. The second kappa shape index (κ2) is 6.76. The van der Waals surface area contributed by atoms with Crippen molar-refractivity contribution in [3.8, 4) is 0 Å². The van der Waals surface area contributed by atoms with E-state index >= 15 is 0 Å². The molecule has 0 atom stereocenters.